The van der Waals surface area contributed by atoms with E-state index < -0.39 is 35.7 Å². The Labute approximate surface area is 193 Å². The molecule has 5 rings (SSSR count). The van der Waals surface area contributed by atoms with Crippen molar-refractivity contribution in [1.82, 2.24) is 20.3 Å². The van der Waals surface area contributed by atoms with Gasteiger partial charge in [-0.3, -0.25) is 9.78 Å². The number of hydrogen-bond donors (Lipinski definition) is 4. The van der Waals surface area contributed by atoms with E-state index in [0.717, 1.165) is 0 Å². The molecule has 0 radical (unpaired) electrons. The first-order valence-corrected chi connectivity index (χ1v) is 10.6. The lowest BCUT2D eigenvalue weighted by atomic mass is 10.1. The molecule has 2 aromatic heterocycles. The Morgan fingerprint density at radius 2 is 1.53 bits per heavy atom. The molecule has 5 N–H and O–H groups in total. The van der Waals surface area contributed by atoms with Crippen LogP contribution in [0.15, 0.2) is 71.5 Å². The molecule has 3 unspecified atom stereocenters. The average Bonchev–Trinajstić information content (AvgIpc) is 3.44. The van der Waals surface area contributed by atoms with Crippen molar-refractivity contribution in [2.45, 2.75) is 18.2 Å². The monoisotopic (exact) mass is 459 g/mol. The number of esters is 2. The molecule has 4 aromatic rings. The third-order valence-electron chi connectivity index (χ3n) is 5.63. The number of nitrogens with zero attached hydrogens (tertiary/aromatic N) is 1. The molecule has 0 saturated carbocycles. The highest BCUT2D eigenvalue weighted by Crippen LogP contribution is 2.30. The smallest absolute Gasteiger partial charge is 0.338 e. The lowest BCUT2D eigenvalue weighted by Gasteiger charge is -2.24. The molecular formula is C24H21N5O5. The van der Waals surface area contributed by atoms with Gasteiger partial charge in [-0.25, -0.2) is 9.59 Å². The molecule has 0 spiro atoms. The average molecular weight is 459 g/mol. The summed E-state index contributed by atoms with van der Waals surface area (Å²) in [5.74, 6) is -1.11. The van der Waals surface area contributed by atoms with E-state index in [1.54, 1.807) is 66.7 Å². The first-order valence-electron chi connectivity index (χ1n) is 10.6. The Balaban J connectivity index is 1.46. The van der Waals surface area contributed by atoms with Gasteiger partial charge in [-0.15, -0.1) is 0 Å². The van der Waals surface area contributed by atoms with Gasteiger partial charge in [0.25, 0.3) is 5.56 Å². The summed E-state index contributed by atoms with van der Waals surface area (Å²) in [5.41, 5.74) is 6.85. The predicted octanol–water partition coefficient (Wildman–Crippen LogP) is 1.93. The summed E-state index contributed by atoms with van der Waals surface area (Å²) < 4.78 is 11.6. The van der Waals surface area contributed by atoms with Crippen LogP contribution in [0.2, 0.25) is 0 Å². The van der Waals surface area contributed by atoms with Gasteiger partial charge in [0.1, 0.15) is 5.65 Å². The van der Waals surface area contributed by atoms with Gasteiger partial charge in [0.05, 0.1) is 22.6 Å². The Kier molecular flexibility index (Phi) is 5.56. The van der Waals surface area contributed by atoms with Crippen molar-refractivity contribution in [3.63, 3.8) is 0 Å². The third-order valence-corrected chi connectivity index (χ3v) is 5.63. The summed E-state index contributed by atoms with van der Waals surface area (Å²) in [6, 6.07) is 18.1. The van der Waals surface area contributed by atoms with Crippen molar-refractivity contribution in [3.05, 3.63) is 93.9 Å². The molecule has 34 heavy (non-hydrogen) atoms. The fourth-order valence-corrected chi connectivity index (χ4v) is 4.00. The number of rotatable bonds is 5. The number of anilines is 1. The third kappa shape index (κ3) is 4.14. The van der Waals surface area contributed by atoms with Crippen LogP contribution in [0.25, 0.3) is 11.0 Å². The number of carbonyl (C=O) groups excluding carboxylic acids is 2. The SMILES string of the molecule is Nc1nc2[nH]c(C3NCC(OC(=O)c4ccccc4)C3OC(=O)c3ccccc3)cc2c(=O)[nH]1. The second kappa shape index (κ2) is 8.83. The van der Waals surface area contributed by atoms with Gasteiger partial charge in [0, 0.05) is 12.2 Å². The van der Waals surface area contributed by atoms with E-state index in [-0.39, 0.29) is 12.5 Å². The van der Waals surface area contributed by atoms with Gasteiger partial charge in [0.2, 0.25) is 5.95 Å². The largest absolute Gasteiger partial charge is 0.453 e. The summed E-state index contributed by atoms with van der Waals surface area (Å²) in [4.78, 5) is 47.5. The molecule has 172 valence electrons. The Hall–Kier alpha value is -4.44. The molecule has 1 aliphatic rings. The minimum atomic E-state index is -0.871. The van der Waals surface area contributed by atoms with Crippen LogP contribution in [0.3, 0.4) is 0 Å². The number of aromatic amines is 2. The van der Waals surface area contributed by atoms with Gasteiger partial charge >= 0.3 is 11.9 Å². The highest BCUT2D eigenvalue weighted by molar-refractivity contribution is 5.90. The number of hydrogen-bond acceptors (Lipinski definition) is 8. The standard InChI is InChI=1S/C24H21N5O5/c25-24-28-20-15(21(30)29-24)11-16(27-20)18-19(34-23(32)14-9-5-2-6-10-14)17(12-26-18)33-22(31)13-7-3-1-4-8-13/h1-11,17-19,26H,12H2,(H4,25,27,28,29,30). The Morgan fingerprint density at radius 3 is 2.18 bits per heavy atom. The highest BCUT2D eigenvalue weighted by Gasteiger charge is 2.43. The van der Waals surface area contributed by atoms with Gasteiger partial charge in [-0.1, -0.05) is 36.4 Å². The van der Waals surface area contributed by atoms with Crippen LogP contribution in [0.5, 0.6) is 0 Å². The Bertz CT molecular complexity index is 1400. The zero-order valence-corrected chi connectivity index (χ0v) is 17.9. The first kappa shape index (κ1) is 21.4. The van der Waals surface area contributed by atoms with E-state index >= 15 is 0 Å². The second-order valence-corrected chi connectivity index (χ2v) is 7.87. The van der Waals surface area contributed by atoms with Crippen molar-refractivity contribution >= 4 is 28.9 Å². The quantitative estimate of drug-likeness (QED) is 0.330. The number of aromatic nitrogens is 3. The summed E-state index contributed by atoms with van der Waals surface area (Å²) in [5, 5.41) is 3.53. The molecule has 0 amide bonds. The number of fused-ring (bicyclic) bond motifs is 1. The molecule has 1 saturated heterocycles. The van der Waals surface area contributed by atoms with Crippen LogP contribution in [0.1, 0.15) is 32.5 Å². The van der Waals surface area contributed by atoms with Crippen molar-refractivity contribution in [3.8, 4) is 0 Å². The predicted molar refractivity (Wildman–Crippen MR) is 123 cm³/mol. The fourth-order valence-electron chi connectivity index (χ4n) is 4.00. The number of nitrogens with one attached hydrogen (secondary N) is 3. The van der Waals surface area contributed by atoms with Crippen molar-refractivity contribution in [2.75, 3.05) is 12.3 Å². The van der Waals surface area contributed by atoms with Gasteiger partial charge in [-0.05, 0) is 30.3 Å². The molecule has 2 aromatic carbocycles. The van der Waals surface area contributed by atoms with Gasteiger partial charge in [0.15, 0.2) is 12.2 Å². The Morgan fingerprint density at radius 1 is 0.912 bits per heavy atom. The lowest BCUT2D eigenvalue weighted by molar-refractivity contribution is -0.0255. The number of benzene rings is 2. The number of nitrogens with two attached hydrogens (primary N) is 1. The topological polar surface area (TPSA) is 152 Å². The van der Waals surface area contributed by atoms with Crippen molar-refractivity contribution < 1.29 is 19.1 Å². The van der Waals surface area contributed by atoms with Crippen LogP contribution in [0, 0.1) is 0 Å². The summed E-state index contributed by atoms with van der Waals surface area (Å²) in [6.45, 7) is 0.233. The molecule has 0 aliphatic carbocycles. The summed E-state index contributed by atoms with van der Waals surface area (Å²) in [7, 11) is 0. The summed E-state index contributed by atoms with van der Waals surface area (Å²) in [6.07, 6.45) is -1.64. The maximum Gasteiger partial charge on any atom is 0.338 e. The van der Waals surface area contributed by atoms with E-state index in [9.17, 15) is 14.4 Å². The molecular weight excluding hydrogens is 438 g/mol. The van der Waals surface area contributed by atoms with E-state index in [0.29, 0.717) is 27.9 Å². The van der Waals surface area contributed by atoms with Crippen LogP contribution in [-0.2, 0) is 9.47 Å². The van der Waals surface area contributed by atoms with Gasteiger partial charge < -0.3 is 25.5 Å². The highest BCUT2D eigenvalue weighted by atomic mass is 16.6. The zero-order valence-electron chi connectivity index (χ0n) is 17.9. The fraction of sp³-hybridized carbons (Fsp3) is 0.167. The zero-order chi connectivity index (χ0) is 23.7. The van der Waals surface area contributed by atoms with E-state index in [4.69, 9.17) is 15.2 Å². The maximum atomic E-state index is 12.9. The van der Waals surface area contributed by atoms with Crippen molar-refractivity contribution in [1.29, 1.82) is 0 Å². The molecule has 10 heteroatoms. The van der Waals surface area contributed by atoms with Crippen LogP contribution >= 0.6 is 0 Å². The molecule has 10 nitrogen and oxygen atoms in total. The number of H-pyrrole nitrogens is 2. The minimum absolute atomic E-state index is 0.0213. The van der Waals surface area contributed by atoms with Gasteiger partial charge in [-0.2, -0.15) is 4.98 Å². The maximum absolute atomic E-state index is 12.9. The number of ether oxygens (including phenoxy) is 2. The van der Waals surface area contributed by atoms with E-state index in [2.05, 4.69) is 20.3 Å². The number of nitrogen functional groups attached to an aromatic ring is 1. The molecule has 1 aliphatic heterocycles. The number of carbonyl (C=O) groups is 2. The lowest BCUT2D eigenvalue weighted by Crippen LogP contribution is -2.35. The van der Waals surface area contributed by atoms with E-state index in [1.807, 2.05) is 0 Å². The normalized spacial score (nSPS) is 19.7. The molecule has 0 bridgehead atoms. The molecule has 3 atom stereocenters. The molecule has 3 heterocycles. The van der Waals surface area contributed by atoms with Crippen LogP contribution < -0.4 is 16.6 Å². The van der Waals surface area contributed by atoms with E-state index in [1.165, 1.54) is 0 Å². The minimum Gasteiger partial charge on any atom is -0.453 e. The van der Waals surface area contributed by atoms with Crippen LogP contribution in [-0.4, -0.2) is 45.6 Å². The second-order valence-electron chi connectivity index (χ2n) is 7.87. The molecule has 1 fully saturated rings. The summed E-state index contributed by atoms with van der Waals surface area (Å²) >= 11 is 0. The first-order chi connectivity index (χ1) is 16.5. The van der Waals surface area contributed by atoms with Crippen LogP contribution in [0.4, 0.5) is 5.95 Å². The van der Waals surface area contributed by atoms with Crippen molar-refractivity contribution in [2.24, 2.45) is 0 Å².